The van der Waals surface area contributed by atoms with E-state index in [1.54, 1.807) is 31.2 Å². The Hall–Kier alpha value is -4.02. The number of halogens is 3. The molecule has 0 aliphatic heterocycles. The highest BCUT2D eigenvalue weighted by atomic mass is 19.4. The SMILES string of the molecule is Cc1cnc(Nc2cc(OCC(C)C)cc(C(F)(F)F)c2)nc1Nn1c(=O)oc2ccccc21. The lowest BCUT2D eigenvalue weighted by Crippen LogP contribution is -2.23. The average molecular weight is 473 g/mol. The molecule has 0 radical (unpaired) electrons. The monoisotopic (exact) mass is 473 g/mol. The van der Waals surface area contributed by atoms with Crippen LogP contribution < -0.4 is 21.2 Å². The summed E-state index contributed by atoms with van der Waals surface area (Å²) in [5, 5.41) is 2.79. The van der Waals surface area contributed by atoms with Crippen molar-refractivity contribution in [1.82, 2.24) is 14.6 Å². The van der Waals surface area contributed by atoms with Gasteiger partial charge in [-0.15, -0.1) is 0 Å². The molecule has 2 aromatic heterocycles. The van der Waals surface area contributed by atoms with Gasteiger partial charge >= 0.3 is 11.9 Å². The molecule has 2 N–H and O–H groups in total. The van der Waals surface area contributed by atoms with Crippen molar-refractivity contribution in [3.63, 3.8) is 0 Å². The van der Waals surface area contributed by atoms with Crippen LogP contribution in [-0.4, -0.2) is 21.3 Å². The van der Waals surface area contributed by atoms with E-state index in [-0.39, 0.29) is 35.7 Å². The van der Waals surface area contributed by atoms with Crippen LogP contribution in [-0.2, 0) is 6.18 Å². The number of aryl methyl sites for hydroxylation is 1. The smallest absolute Gasteiger partial charge is 0.439 e. The minimum Gasteiger partial charge on any atom is -0.493 e. The number of benzene rings is 2. The number of hydrogen-bond acceptors (Lipinski definition) is 7. The molecule has 0 bridgehead atoms. The number of para-hydroxylation sites is 2. The Morgan fingerprint density at radius 3 is 2.68 bits per heavy atom. The Kier molecular flexibility index (Phi) is 6.18. The molecule has 0 saturated heterocycles. The molecule has 0 fully saturated rings. The summed E-state index contributed by atoms with van der Waals surface area (Å²) in [6, 6.07) is 10.2. The summed E-state index contributed by atoms with van der Waals surface area (Å²) in [7, 11) is 0. The summed E-state index contributed by atoms with van der Waals surface area (Å²) >= 11 is 0. The number of oxazole rings is 1. The minimum atomic E-state index is -4.56. The van der Waals surface area contributed by atoms with Crippen molar-refractivity contribution in [3.05, 3.63) is 70.3 Å². The van der Waals surface area contributed by atoms with Crippen LogP contribution in [0.4, 0.5) is 30.6 Å². The lowest BCUT2D eigenvalue weighted by atomic mass is 10.1. The topological polar surface area (TPSA) is 94.2 Å². The number of hydrogen-bond donors (Lipinski definition) is 2. The van der Waals surface area contributed by atoms with Crippen molar-refractivity contribution in [2.24, 2.45) is 5.92 Å². The third-order valence-corrected chi connectivity index (χ3v) is 4.75. The fourth-order valence-electron chi connectivity index (χ4n) is 3.10. The third-order valence-electron chi connectivity index (χ3n) is 4.75. The van der Waals surface area contributed by atoms with Gasteiger partial charge in [0.15, 0.2) is 11.4 Å². The van der Waals surface area contributed by atoms with Gasteiger partial charge in [-0.1, -0.05) is 26.0 Å². The molecule has 0 unspecified atom stereocenters. The fourth-order valence-corrected chi connectivity index (χ4v) is 3.10. The lowest BCUT2D eigenvalue weighted by molar-refractivity contribution is -0.137. The van der Waals surface area contributed by atoms with E-state index in [1.807, 2.05) is 13.8 Å². The van der Waals surface area contributed by atoms with Crippen LogP contribution in [0.1, 0.15) is 25.0 Å². The van der Waals surface area contributed by atoms with Crippen molar-refractivity contribution in [3.8, 4) is 5.75 Å². The van der Waals surface area contributed by atoms with Crippen molar-refractivity contribution in [2.75, 3.05) is 17.3 Å². The maximum atomic E-state index is 13.4. The predicted molar refractivity (Wildman–Crippen MR) is 121 cm³/mol. The maximum Gasteiger partial charge on any atom is 0.439 e. The number of fused-ring (bicyclic) bond motifs is 1. The van der Waals surface area contributed by atoms with Gasteiger partial charge in [0.2, 0.25) is 5.95 Å². The van der Waals surface area contributed by atoms with Crippen molar-refractivity contribution in [2.45, 2.75) is 26.9 Å². The second kappa shape index (κ2) is 9.08. The van der Waals surface area contributed by atoms with Crippen LogP contribution in [0.2, 0.25) is 0 Å². The van der Waals surface area contributed by atoms with Gasteiger partial charge in [-0.05, 0) is 37.1 Å². The number of aromatic nitrogens is 3. The molecule has 0 spiro atoms. The number of ether oxygens (including phenoxy) is 1. The Balaban J connectivity index is 1.65. The largest absolute Gasteiger partial charge is 0.493 e. The van der Waals surface area contributed by atoms with Gasteiger partial charge in [0.05, 0.1) is 12.2 Å². The first kappa shape index (κ1) is 23.1. The van der Waals surface area contributed by atoms with Crippen LogP contribution in [0.5, 0.6) is 5.75 Å². The molecule has 0 atom stereocenters. The van der Waals surface area contributed by atoms with Gasteiger partial charge in [0, 0.05) is 23.5 Å². The molecule has 0 amide bonds. The predicted octanol–water partition coefficient (Wildman–Crippen LogP) is 5.37. The maximum absolute atomic E-state index is 13.4. The normalized spacial score (nSPS) is 11.7. The molecule has 11 heteroatoms. The van der Waals surface area contributed by atoms with E-state index in [2.05, 4.69) is 20.7 Å². The Bertz CT molecular complexity index is 1380. The Morgan fingerprint density at radius 1 is 1.18 bits per heavy atom. The average Bonchev–Trinajstić information content (AvgIpc) is 3.09. The second-order valence-corrected chi connectivity index (χ2v) is 8.08. The first-order valence-corrected chi connectivity index (χ1v) is 10.4. The molecular weight excluding hydrogens is 451 g/mol. The quantitative estimate of drug-likeness (QED) is 0.373. The summed E-state index contributed by atoms with van der Waals surface area (Å²) in [5.41, 5.74) is 3.63. The summed E-state index contributed by atoms with van der Waals surface area (Å²) in [6.45, 7) is 5.79. The molecule has 2 aromatic carbocycles. The highest BCUT2D eigenvalue weighted by Crippen LogP contribution is 2.35. The van der Waals surface area contributed by atoms with Gasteiger partial charge in [-0.3, -0.25) is 5.43 Å². The van der Waals surface area contributed by atoms with Gasteiger partial charge in [0.1, 0.15) is 11.3 Å². The molecule has 2 heterocycles. The van der Waals surface area contributed by atoms with Gasteiger partial charge in [0.25, 0.3) is 0 Å². The molecule has 0 saturated carbocycles. The zero-order valence-corrected chi connectivity index (χ0v) is 18.6. The van der Waals surface area contributed by atoms with E-state index in [0.29, 0.717) is 16.7 Å². The van der Waals surface area contributed by atoms with Gasteiger partial charge in [-0.2, -0.15) is 22.8 Å². The van der Waals surface area contributed by atoms with E-state index in [1.165, 1.54) is 16.9 Å². The second-order valence-electron chi connectivity index (χ2n) is 8.08. The molecule has 8 nitrogen and oxygen atoms in total. The number of alkyl halides is 3. The highest BCUT2D eigenvalue weighted by Gasteiger charge is 2.31. The molecule has 34 heavy (non-hydrogen) atoms. The van der Waals surface area contributed by atoms with Crippen molar-refractivity contribution >= 4 is 28.6 Å². The summed E-state index contributed by atoms with van der Waals surface area (Å²) in [4.78, 5) is 20.7. The Labute approximate surface area is 192 Å². The van der Waals surface area contributed by atoms with Crippen molar-refractivity contribution < 1.29 is 22.3 Å². The number of anilines is 3. The van der Waals surface area contributed by atoms with Crippen LogP contribution in [0.3, 0.4) is 0 Å². The standard InChI is InChI=1S/C23H22F3N5O3/c1-13(2)12-33-17-9-15(23(24,25)26)8-16(10-17)28-21-27-11-14(3)20(29-21)30-31-18-6-4-5-7-19(18)34-22(31)32/h4-11,13H,12H2,1-3H3,(H2,27,28,29,30). The van der Waals surface area contributed by atoms with E-state index in [4.69, 9.17) is 9.15 Å². The van der Waals surface area contributed by atoms with Crippen LogP contribution in [0.15, 0.2) is 57.9 Å². The van der Waals surface area contributed by atoms with Gasteiger partial charge < -0.3 is 14.5 Å². The van der Waals surface area contributed by atoms with Gasteiger partial charge in [-0.25, -0.2) is 9.78 Å². The van der Waals surface area contributed by atoms with Crippen LogP contribution in [0.25, 0.3) is 11.1 Å². The molecule has 178 valence electrons. The van der Waals surface area contributed by atoms with Crippen LogP contribution in [0, 0.1) is 12.8 Å². The first-order valence-electron chi connectivity index (χ1n) is 10.4. The lowest BCUT2D eigenvalue weighted by Gasteiger charge is -2.15. The van der Waals surface area contributed by atoms with E-state index < -0.39 is 17.5 Å². The minimum absolute atomic E-state index is 0.0306. The molecule has 4 aromatic rings. The van der Waals surface area contributed by atoms with Crippen LogP contribution >= 0.6 is 0 Å². The summed E-state index contributed by atoms with van der Waals surface area (Å²) in [5.74, 6) is -0.119. The fraction of sp³-hybridized carbons (Fsp3) is 0.261. The summed E-state index contributed by atoms with van der Waals surface area (Å²) < 4.78 is 52.1. The van der Waals surface area contributed by atoms with E-state index >= 15 is 0 Å². The molecular formula is C23H22F3N5O3. The number of rotatable bonds is 7. The zero-order chi connectivity index (χ0) is 24.5. The number of nitrogens with zero attached hydrogens (tertiary/aromatic N) is 3. The zero-order valence-electron chi connectivity index (χ0n) is 18.6. The Morgan fingerprint density at radius 2 is 1.94 bits per heavy atom. The molecule has 0 aliphatic rings. The van der Waals surface area contributed by atoms with E-state index in [0.717, 1.165) is 12.1 Å². The van der Waals surface area contributed by atoms with Crippen molar-refractivity contribution in [1.29, 1.82) is 0 Å². The summed E-state index contributed by atoms with van der Waals surface area (Å²) in [6.07, 6.45) is -3.08. The first-order chi connectivity index (χ1) is 16.1. The molecule has 0 aliphatic carbocycles. The van der Waals surface area contributed by atoms with E-state index in [9.17, 15) is 18.0 Å². The molecule has 4 rings (SSSR count). The highest BCUT2D eigenvalue weighted by molar-refractivity contribution is 5.73. The number of nitrogens with one attached hydrogen (secondary N) is 2. The third kappa shape index (κ3) is 5.13.